The van der Waals surface area contributed by atoms with Gasteiger partial charge in [0.15, 0.2) is 0 Å². The molecule has 1 rings (SSSR count). The highest BCUT2D eigenvalue weighted by Crippen LogP contribution is 2.32. The van der Waals surface area contributed by atoms with E-state index in [2.05, 4.69) is 6.07 Å². The van der Waals surface area contributed by atoms with Gasteiger partial charge in [-0.05, 0) is 25.1 Å². The van der Waals surface area contributed by atoms with E-state index in [0.717, 1.165) is 0 Å². The third-order valence-corrected chi connectivity index (χ3v) is 2.39. The maximum absolute atomic E-state index is 9.53. The first-order valence-electron chi connectivity index (χ1n) is 4.93. The smallest absolute Gasteiger partial charge is 0.123 e. The van der Waals surface area contributed by atoms with Gasteiger partial charge in [0.25, 0.3) is 0 Å². The maximum atomic E-state index is 9.53. The Balaban J connectivity index is 3.22. The molecular formula is C12H15NO3. The van der Waals surface area contributed by atoms with Gasteiger partial charge in [-0.3, -0.25) is 0 Å². The van der Waals surface area contributed by atoms with E-state index >= 15 is 0 Å². The molecule has 0 fully saturated rings. The van der Waals surface area contributed by atoms with Gasteiger partial charge >= 0.3 is 0 Å². The number of nitrogens with zero attached hydrogens (tertiary/aromatic N) is 1. The predicted octanol–water partition coefficient (Wildman–Crippen LogP) is 1.69. The lowest BCUT2D eigenvalue weighted by Gasteiger charge is -2.16. The highest BCUT2D eigenvalue weighted by molar-refractivity contribution is 5.45. The van der Waals surface area contributed by atoms with Crippen molar-refractivity contribution in [2.75, 3.05) is 14.2 Å². The van der Waals surface area contributed by atoms with Gasteiger partial charge in [0.05, 0.1) is 26.4 Å². The monoisotopic (exact) mass is 221 g/mol. The van der Waals surface area contributed by atoms with Crippen molar-refractivity contribution in [3.8, 4) is 17.6 Å². The number of nitriles is 1. The van der Waals surface area contributed by atoms with Crippen LogP contribution in [0.25, 0.3) is 0 Å². The lowest BCUT2D eigenvalue weighted by atomic mass is 9.94. The van der Waals surface area contributed by atoms with Crippen LogP contribution in [0.3, 0.4) is 0 Å². The molecule has 1 aromatic rings. The van der Waals surface area contributed by atoms with E-state index in [9.17, 15) is 5.11 Å². The van der Waals surface area contributed by atoms with E-state index < -0.39 is 12.0 Å². The molecule has 0 saturated heterocycles. The Kier molecular flexibility index (Phi) is 4.15. The van der Waals surface area contributed by atoms with Crippen LogP contribution >= 0.6 is 0 Å². The van der Waals surface area contributed by atoms with Crippen LogP contribution in [0, 0.1) is 11.3 Å². The third-order valence-electron chi connectivity index (χ3n) is 2.39. The standard InChI is InChI=1S/C12H15NO3/c1-8(14)11(7-13)10-6-9(15-2)4-5-12(10)16-3/h4-6,8,11,14H,1-3H3. The van der Waals surface area contributed by atoms with Crippen LogP contribution in [0.5, 0.6) is 11.5 Å². The Morgan fingerprint density at radius 2 is 2.00 bits per heavy atom. The van der Waals surface area contributed by atoms with E-state index in [1.165, 1.54) is 7.11 Å². The Hall–Kier alpha value is -1.73. The zero-order valence-corrected chi connectivity index (χ0v) is 9.60. The highest BCUT2D eigenvalue weighted by Gasteiger charge is 2.21. The summed E-state index contributed by atoms with van der Waals surface area (Å²) in [5.74, 6) is 0.593. The van der Waals surface area contributed by atoms with Crippen molar-refractivity contribution >= 4 is 0 Å². The molecule has 0 spiro atoms. The summed E-state index contributed by atoms with van der Waals surface area (Å²) in [6, 6.07) is 7.24. The Labute approximate surface area is 95.0 Å². The second kappa shape index (κ2) is 5.38. The van der Waals surface area contributed by atoms with Gasteiger partial charge in [0.1, 0.15) is 17.4 Å². The van der Waals surface area contributed by atoms with Gasteiger partial charge in [-0.15, -0.1) is 0 Å². The Morgan fingerprint density at radius 3 is 2.44 bits per heavy atom. The molecule has 2 unspecified atom stereocenters. The SMILES string of the molecule is COc1ccc(OC)c(C(C#N)C(C)O)c1. The van der Waals surface area contributed by atoms with Crippen LogP contribution in [0.4, 0.5) is 0 Å². The zero-order valence-electron chi connectivity index (χ0n) is 9.60. The first-order valence-corrected chi connectivity index (χ1v) is 4.93. The normalized spacial score (nSPS) is 13.7. The predicted molar refractivity (Wildman–Crippen MR) is 59.6 cm³/mol. The lowest BCUT2D eigenvalue weighted by Crippen LogP contribution is -2.13. The average Bonchev–Trinajstić information content (AvgIpc) is 2.29. The van der Waals surface area contributed by atoms with Gasteiger partial charge in [0.2, 0.25) is 0 Å². The minimum Gasteiger partial charge on any atom is -0.497 e. The van der Waals surface area contributed by atoms with E-state index in [-0.39, 0.29) is 0 Å². The number of aliphatic hydroxyl groups is 1. The van der Waals surface area contributed by atoms with E-state index in [0.29, 0.717) is 17.1 Å². The Bertz CT molecular complexity index is 396. The number of aliphatic hydroxyl groups excluding tert-OH is 1. The summed E-state index contributed by atoms with van der Waals surface area (Å²) in [6.45, 7) is 1.58. The number of rotatable bonds is 4. The van der Waals surface area contributed by atoms with E-state index in [4.69, 9.17) is 14.7 Å². The molecule has 1 aromatic carbocycles. The molecule has 0 radical (unpaired) electrons. The Morgan fingerprint density at radius 1 is 1.31 bits per heavy atom. The van der Waals surface area contributed by atoms with Gasteiger partial charge in [0, 0.05) is 5.56 Å². The van der Waals surface area contributed by atoms with Crippen molar-refractivity contribution in [1.29, 1.82) is 5.26 Å². The van der Waals surface area contributed by atoms with Crippen LogP contribution in [0.15, 0.2) is 18.2 Å². The molecule has 4 heteroatoms. The molecule has 4 nitrogen and oxygen atoms in total. The van der Waals surface area contributed by atoms with E-state index in [1.54, 1.807) is 32.2 Å². The van der Waals surface area contributed by atoms with Crippen LogP contribution in [-0.2, 0) is 0 Å². The molecule has 0 aromatic heterocycles. The fourth-order valence-corrected chi connectivity index (χ4v) is 1.52. The fraction of sp³-hybridized carbons (Fsp3) is 0.417. The minimum absolute atomic E-state index is 0.577. The van der Waals surface area contributed by atoms with Crippen molar-refractivity contribution in [1.82, 2.24) is 0 Å². The molecule has 0 aliphatic heterocycles. The minimum atomic E-state index is -0.758. The summed E-state index contributed by atoms with van der Waals surface area (Å²) in [5, 5.41) is 18.6. The summed E-state index contributed by atoms with van der Waals surface area (Å²) in [4.78, 5) is 0. The van der Waals surface area contributed by atoms with Gasteiger partial charge in [-0.2, -0.15) is 5.26 Å². The second-order valence-electron chi connectivity index (χ2n) is 3.46. The van der Waals surface area contributed by atoms with Crippen LogP contribution in [-0.4, -0.2) is 25.4 Å². The number of methoxy groups -OCH3 is 2. The summed E-state index contributed by atoms with van der Waals surface area (Å²) >= 11 is 0. The molecule has 0 bridgehead atoms. The van der Waals surface area contributed by atoms with Gasteiger partial charge in [-0.1, -0.05) is 0 Å². The molecule has 16 heavy (non-hydrogen) atoms. The summed E-state index contributed by atoms with van der Waals surface area (Å²) in [6.07, 6.45) is -0.758. The molecule has 0 saturated carbocycles. The maximum Gasteiger partial charge on any atom is 0.123 e. The molecule has 1 N–H and O–H groups in total. The number of benzene rings is 1. The fourth-order valence-electron chi connectivity index (χ4n) is 1.52. The number of hydrogen-bond acceptors (Lipinski definition) is 4. The molecular weight excluding hydrogens is 206 g/mol. The quantitative estimate of drug-likeness (QED) is 0.840. The average molecular weight is 221 g/mol. The molecule has 0 aliphatic carbocycles. The van der Waals surface area contributed by atoms with Crippen molar-refractivity contribution in [2.24, 2.45) is 0 Å². The zero-order chi connectivity index (χ0) is 12.1. The molecule has 0 heterocycles. The van der Waals surface area contributed by atoms with Crippen molar-refractivity contribution < 1.29 is 14.6 Å². The molecule has 0 aliphatic rings. The van der Waals surface area contributed by atoms with Crippen LogP contribution in [0.1, 0.15) is 18.4 Å². The first-order chi connectivity index (χ1) is 7.63. The number of ether oxygens (including phenoxy) is 2. The second-order valence-corrected chi connectivity index (χ2v) is 3.46. The summed E-state index contributed by atoms with van der Waals surface area (Å²) < 4.78 is 10.2. The first kappa shape index (κ1) is 12.3. The third kappa shape index (κ3) is 2.44. The van der Waals surface area contributed by atoms with Crippen molar-refractivity contribution in [3.63, 3.8) is 0 Å². The van der Waals surface area contributed by atoms with Crippen molar-refractivity contribution in [3.05, 3.63) is 23.8 Å². The molecule has 0 amide bonds. The summed E-state index contributed by atoms with van der Waals surface area (Å²) in [5.41, 5.74) is 0.638. The highest BCUT2D eigenvalue weighted by atomic mass is 16.5. The topological polar surface area (TPSA) is 62.5 Å². The summed E-state index contributed by atoms with van der Waals surface area (Å²) in [7, 11) is 3.08. The van der Waals surface area contributed by atoms with Crippen molar-refractivity contribution in [2.45, 2.75) is 18.9 Å². The van der Waals surface area contributed by atoms with Gasteiger partial charge in [-0.25, -0.2) is 0 Å². The molecule has 2 atom stereocenters. The largest absolute Gasteiger partial charge is 0.497 e. The van der Waals surface area contributed by atoms with Gasteiger partial charge < -0.3 is 14.6 Å². The molecule has 86 valence electrons. The van der Waals surface area contributed by atoms with Crippen LogP contribution < -0.4 is 9.47 Å². The lowest BCUT2D eigenvalue weighted by molar-refractivity contribution is 0.180. The van der Waals surface area contributed by atoms with E-state index in [1.807, 2.05) is 0 Å². The van der Waals surface area contributed by atoms with Crippen LogP contribution in [0.2, 0.25) is 0 Å². The number of hydrogen-bond donors (Lipinski definition) is 1.